The number of hydrogen-bond donors (Lipinski definition) is 0. The van der Waals surface area contributed by atoms with Crippen LogP contribution < -0.4 is 4.74 Å². The molecule has 3 aromatic rings. The number of nitrogens with zero attached hydrogens (tertiary/aromatic N) is 2. The Bertz CT molecular complexity index is 789. The first-order chi connectivity index (χ1) is 10.5. The highest BCUT2D eigenvalue weighted by molar-refractivity contribution is 7.13. The molecule has 0 aliphatic carbocycles. The molecule has 1 atom stereocenters. The van der Waals surface area contributed by atoms with Crippen LogP contribution in [0.5, 0.6) is 5.75 Å². The highest BCUT2D eigenvalue weighted by atomic mass is 35.5. The largest absolute Gasteiger partial charge is 0.479 e. The molecule has 8 heteroatoms. The minimum Gasteiger partial charge on any atom is -0.479 e. The van der Waals surface area contributed by atoms with Gasteiger partial charge in [0.2, 0.25) is 0 Å². The average Bonchev–Trinajstić information content (AvgIpc) is 3.15. The highest BCUT2D eigenvalue weighted by Crippen LogP contribution is 2.36. The molecule has 3 rings (SSSR count). The maximum Gasteiger partial charge on any atom is 0.257 e. The first kappa shape index (κ1) is 15.6. The zero-order valence-corrected chi connectivity index (χ0v) is 14.3. The SMILES string of the molecule is CC(Oc1cc(Cl)c(Cl)cc1Cl)c1nnc(-c2cccs2)o1. The smallest absolute Gasteiger partial charge is 0.257 e. The molecular formula is C14H9Cl3N2O2S. The van der Waals surface area contributed by atoms with Gasteiger partial charge in [0, 0.05) is 6.07 Å². The van der Waals surface area contributed by atoms with Gasteiger partial charge in [-0.15, -0.1) is 21.5 Å². The summed E-state index contributed by atoms with van der Waals surface area (Å²) in [5.74, 6) is 1.21. The van der Waals surface area contributed by atoms with E-state index in [0.29, 0.717) is 32.6 Å². The Kier molecular flexibility index (Phi) is 4.59. The van der Waals surface area contributed by atoms with Crippen LogP contribution in [-0.2, 0) is 0 Å². The van der Waals surface area contributed by atoms with E-state index in [0.717, 1.165) is 4.88 Å². The topological polar surface area (TPSA) is 48.2 Å². The van der Waals surface area contributed by atoms with Crippen LogP contribution in [0.3, 0.4) is 0 Å². The monoisotopic (exact) mass is 374 g/mol. The van der Waals surface area contributed by atoms with Crippen molar-refractivity contribution in [2.45, 2.75) is 13.0 Å². The summed E-state index contributed by atoms with van der Waals surface area (Å²) in [6.45, 7) is 1.78. The molecule has 0 aliphatic rings. The molecule has 0 aliphatic heterocycles. The normalized spacial score (nSPS) is 12.4. The van der Waals surface area contributed by atoms with Gasteiger partial charge >= 0.3 is 0 Å². The molecule has 0 fully saturated rings. The second kappa shape index (κ2) is 6.46. The van der Waals surface area contributed by atoms with Gasteiger partial charge in [0.15, 0.2) is 6.10 Å². The second-order valence-electron chi connectivity index (χ2n) is 4.38. The van der Waals surface area contributed by atoms with E-state index in [-0.39, 0.29) is 0 Å². The van der Waals surface area contributed by atoms with Crippen molar-refractivity contribution >= 4 is 46.1 Å². The fourth-order valence-electron chi connectivity index (χ4n) is 1.73. The van der Waals surface area contributed by atoms with Crippen LogP contribution in [0, 0.1) is 0 Å². The number of aromatic nitrogens is 2. The first-order valence-electron chi connectivity index (χ1n) is 6.23. The van der Waals surface area contributed by atoms with E-state index in [1.54, 1.807) is 13.0 Å². The van der Waals surface area contributed by atoms with Crippen molar-refractivity contribution in [3.8, 4) is 16.5 Å². The number of halogens is 3. The van der Waals surface area contributed by atoms with Crippen LogP contribution in [0.15, 0.2) is 34.1 Å². The van der Waals surface area contributed by atoms with Crippen LogP contribution in [0.1, 0.15) is 18.9 Å². The molecule has 4 nitrogen and oxygen atoms in total. The Morgan fingerprint density at radius 3 is 2.64 bits per heavy atom. The lowest BCUT2D eigenvalue weighted by Crippen LogP contribution is -2.04. The Hall–Kier alpha value is -1.27. The van der Waals surface area contributed by atoms with Crippen molar-refractivity contribution in [2.24, 2.45) is 0 Å². The quantitative estimate of drug-likeness (QED) is 0.533. The molecule has 114 valence electrons. The maximum absolute atomic E-state index is 6.09. The molecule has 2 aromatic heterocycles. The predicted molar refractivity (Wildman–Crippen MR) is 88.1 cm³/mol. The third-order valence-electron chi connectivity index (χ3n) is 2.80. The minimum atomic E-state index is -0.476. The van der Waals surface area contributed by atoms with E-state index < -0.39 is 6.10 Å². The number of rotatable bonds is 4. The summed E-state index contributed by atoms with van der Waals surface area (Å²) in [6, 6.07) is 6.90. The summed E-state index contributed by atoms with van der Waals surface area (Å²) < 4.78 is 11.3. The summed E-state index contributed by atoms with van der Waals surface area (Å²) in [6.07, 6.45) is -0.476. The van der Waals surface area contributed by atoms with E-state index in [2.05, 4.69) is 10.2 Å². The molecular weight excluding hydrogens is 367 g/mol. The van der Waals surface area contributed by atoms with Crippen molar-refractivity contribution in [1.29, 1.82) is 0 Å². The van der Waals surface area contributed by atoms with E-state index in [1.807, 2.05) is 17.5 Å². The van der Waals surface area contributed by atoms with Gasteiger partial charge in [-0.05, 0) is 24.4 Å². The minimum absolute atomic E-state index is 0.352. The van der Waals surface area contributed by atoms with Crippen LogP contribution in [0.2, 0.25) is 15.1 Å². The first-order valence-corrected chi connectivity index (χ1v) is 8.24. The molecule has 2 heterocycles. The van der Waals surface area contributed by atoms with Gasteiger partial charge in [-0.2, -0.15) is 0 Å². The van der Waals surface area contributed by atoms with E-state index in [4.69, 9.17) is 44.0 Å². The molecule has 0 saturated carbocycles. The predicted octanol–water partition coefficient (Wildman–Crippen LogP) is 5.90. The Morgan fingerprint density at radius 2 is 1.91 bits per heavy atom. The fraction of sp³-hybridized carbons (Fsp3) is 0.143. The standard InChI is InChI=1S/C14H9Cl3N2O2S/c1-7(20-11-6-9(16)8(15)5-10(11)17)13-18-19-14(21-13)12-3-2-4-22-12/h2-7H,1H3. The van der Waals surface area contributed by atoms with Gasteiger partial charge in [-0.1, -0.05) is 40.9 Å². The molecule has 0 bridgehead atoms. The molecule has 0 N–H and O–H groups in total. The van der Waals surface area contributed by atoms with Gasteiger partial charge in [0.05, 0.1) is 19.9 Å². The van der Waals surface area contributed by atoms with Crippen LogP contribution in [-0.4, -0.2) is 10.2 Å². The summed E-state index contributed by atoms with van der Waals surface area (Å²) in [5.41, 5.74) is 0. The van der Waals surface area contributed by atoms with Crippen molar-refractivity contribution in [1.82, 2.24) is 10.2 Å². The van der Waals surface area contributed by atoms with Crippen LogP contribution >= 0.6 is 46.1 Å². The molecule has 22 heavy (non-hydrogen) atoms. The number of hydrogen-bond acceptors (Lipinski definition) is 5. The number of ether oxygens (including phenoxy) is 1. The Morgan fingerprint density at radius 1 is 1.14 bits per heavy atom. The molecule has 1 aromatic carbocycles. The van der Waals surface area contributed by atoms with Gasteiger partial charge < -0.3 is 9.15 Å². The molecule has 1 unspecified atom stereocenters. The molecule has 0 spiro atoms. The van der Waals surface area contributed by atoms with E-state index >= 15 is 0 Å². The summed E-state index contributed by atoms with van der Waals surface area (Å²) in [5, 5.41) is 11.0. The van der Waals surface area contributed by atoms with Gasteiger partial charge in [-0.25, -0.2) is 0 Å². The second-order valence-corrected chi connectivity index (χ2v) is 6.55. The third-order valence-corrected chi connectivity index (χ3v) is 4.67. The third kappa shape index (κ3) is 3.22. The van der Waals surface area contributed by atoms with Gasteiger partial charge in [0.1, 0.15) is 5.75 Å². The van der Waals surface area contributed by atoms with Crippen LogP contribution in [0.25, 0.3) is 10.8 Å². The van der Waals surface area contributed by atoms with Crippen molar-refractivity contribution in [3.05, 3.63) is 50.6 Å². The van der Waals surface area contributed by atoms with E-state index in [9.17, 15) is 0 Å². The molecule has 0 radical (unpaired) electrons. The Labute approximate surface area is 145 Å². The van der Waals surface area contributed by atoms with Gasteiger partial charge in [-0.3, -0.25) is 0 Å². The van der Waals surface area contributed by atoms with Crippen LogP contribution in [0.4, 0.5) is 0 Å². The Balaban J connectivity index is 1.80. The lowest BCUT2D eigenvalue weighted by atomic mass is 10.3. The van der Waals surface area contributed by atoms with Crippen molar-refractivity contribution in [2.75, 3.05) is 0 Å². The van der Waals surface area contributed by atoms with E-state index in [1.165, 1.54) is 17.4 Å². The molecule has 0 amide bonds. The zero-order valence-electron chi connectivity index (χ0n) is 11.2. The summed E-state index contributed by atoms with van der Waals surface area (Å²) in [4.78, 5) is 0.901. The number of benzene rings is 1. The highest BCUT2D eigenvalue weighted by Gasteiger charge is 2.19. The average molecular weight is 376 g/mol. The lowest BCUT2D eigenvalue weighted by molar-refractivity contribution is 0.190. The number of thiophene rings is 1. The molecule has 0 saturated heterocycles. The van der Waals surface area contributed by atoms with Crippen molar-refractivity contribution < 1.29 is 9.15 Å². The fourth-order valence-corrected chi connectivity index (χ4v) is 2.96. The van der Waals surface area contributed by atoms with Crippen molar-refractivity contribution in [3.63, 3.8) is 0 Å². The maximum atomic E-state index is 6.09. The summed E-state index contributed by atoms with van der Waals surface area (Å²) in [7, 11) is 0. The summed E-state index contributed by atoms with van der Waals surface area (Å²) >= 11 is 19.5. The zero-order chi connectivity index (χ0) is 15.7. The van der Waals surface area contributed by atoms with Gasteiger partial charge in [0.25, 0.3) is 11.8 Å². The lowest BCUT2D eigenvalue weighted by Gasteiger charge is -2.13.